The van der Waals surface area contributed by atoms with Crippen LogP contribution in [0, 0.1) is 6.92 Å². The summed E-state index contributed by atoms with van der Waals surface area (Å²) in [7, 11) is 5.66. The maximum atomic E-state index is 12.8. The van der Waals surface area contributed by atoms with Crippen molar-refractivity contribution in [1.82, 2.24) is 29.0 Å². The van der Waals surface area contributed by atoms with E-state index in [2.05, 4.69) is 35.2 Å². The number of rotatable bonds is 3. The number of β-amino-alcohol motifs (C(OH)–C–C–N with tert-alkyl or cyclic N) is 1. The van der Waals surface area contributed by atoms with E-state index in [0.717, 1.165) is 77.5 Å². The second kappa shape index (κ2) is 13.5. The second-order valence-electron chi connectivity index (χ2n) is 12.6. The Balaban J connectivity index is 1.39. The molecule has 0 aliphatic carbocycles. The van der Waals surface area contributed by atoms with E-state index in [9.17, 15) is 15.0 Å². The van der Waals surface area contributed by atoms with Gasteiger partial charge >= 0.3 is 5.97 Å². The zero-order valence-corrected chi connectivity index (χ0v) is 29.6. The maximum absolute atomic E-state index is 12.8. The molecule has 7 rings (SSSR count). The van der Waals surface area contributed by atoms with E-state index in [4.69, 9.17) is 26.5 Å². The average molecular weight is 699 g/mol. The number of hydrogen-bond donors (Lipinski definition) is 2. The van der Waals surface area contributed by atoms with E-state index in [-0.39, 0.29) is 12.3 Å². The van der Waals surface area contributed by atoms with E-state index in [1.807, 2.05) is 54.6 Å². The zero-order chi connectivity index (χ0) is 34.4. The molecule has 3 aromatic heterocycles. The van der Waals surface area contributed by atoms with Crippen LogP contribution in [0.25, 0.3) is 32.8 Å². The number of carbonyl (C=O) groups is 1. The first-order chi connectivity index (χ1) is 23.6. The first kappa shape index (κ1) is 33.2. The lowest BCUT2D eigenvalue weighted by molar-refractivity contribution is 0.0685. The smallest absolute Gasteiger partial charge is 0.352 e. The molecule has 2 N–H and O–H groups in total. The number of carboxylic acid groups (broad SMARTS) is 1. The molecule has 4 heterocycles. The van der Waals surface area contributed by atoms with Gasteiger partial charge in [0.1, 0.15) is 11.4 Å². The highest BCUT2D eigenvalue weighted by Crippen LogP contribution is 2.42. The Morgan fingerprint density at radius 1 is 1.00 bits per heavy atom. The molecule has 0 saturated carbocycles. The summed E-state index contributed by atoms with van der Waals surface area (Å²) in [5.41, 5.74) is 7.04. The number of aromatic nitrogens is 5. The standard InChI is InChI=1S/C37H39ClN6O4S/c1-22-33-31(40-42(22)3)20-44(13-14-45)19-24-17-25(43(4)39-24)21-49-26-16-23-8-5-6-9-27(23)32(18-26)48-15-7-10-28-29-11-12-30(38)34(33)35(29)41(2)36(28)37(46)47/h5-6,8-9,11-12,16-18,45H,7,10,13-15,19-21H2,1-4H3,(H,46,47). The fourth-order valence-electron chi connectivity index (χ4n) is 7.10. The molecular weight excluding hydrogens is 660 g/mol. The molecule has 0 unspecified atom stereocenters. The number of aliphatic hydroxyl groups is 1. The van der Waals surface area contributed by atoms with E-state index in [1.54, 1.807) is 23.4 Å². The van der Waals surface area contributed by atoms with E-state index in [1.165, 1.54) is 0 Å². The van der Waals surface area contributed by atoms with Gasteiger partial charge in [-0.1, -0.05) is 41.9 Å². The van der Waals surface area contributed by atoms with Gasteiger partial charge in [0.2, 0.25) is 0 Å². The third kappa shape index (κ3) is 6.20. The van der Waals surface area contributed by atoms with Crippen molar-refractivity contribution in [2.24, 2.45) is 21.1 Å². The highest BCUT2D eigenvalue weighted by molar-refractivity contribution is 7.98. The molecule has 8 bridgehead atoms. The molecule has 6 aromatic rings. The van der Waals surface area contributed by atoms with Crippen LogP contribution < -0.4 is 4.74 Å². The third-order valence-corrected chi connectivity index (χ3v) is 10.8. The number of carboxylic acids is 1. The van der Waals surface area contributed by atoms with Gasteiger partial charge in [-0.15, -0.1) is 11.8 Å². The maximum Gasteiger partial charge on any atom is 0.352 e. The predicted octanol–water partition coefficient (Wildman–Crippen LogP) is 6.74. The Hall–Kier alpha value is -4.29. The van der Waals surface area contributed by atoms with Crippen molar-refractivity contribution in [1.29, 1.82) is 0 Å². The van der Waals surface area contributed by atoms with Crippen LogP contribution in [0.15, 0.2) is 59.5 Å². The number of aromatic carboxylic acids is 1. The summed E-state index contributed by atoms with van der Waals surface area (Å²) in [6.45, 7) is 3.77. The Labute approximate surface area is 293 Å². The molecule has 0 saturated heterocycles. The van der Waals surface area contributed by atoms with Gasteiger partial charge in [0, 0.05) is 84.7 Å². The molecule has 0 amide bonds. The molecule has 0 atom stereocenters. The van der Waals surface area contributed by atoms with Crippen LogP contribution in [0.4, 0.5) is 0 Å². The number of aryl methyl sites for hydroxylation is 4. The minimum Gasteiger partial charge on any atom is -0.493 e. The Morgan fingerprint density at radius 3 is 2.61 bits per heavy atom. The number of halogens is 1. The van der Waals surface area contributed by atoms with Crippen LogP contribution in [-0.4, -0.2) is 65.0 Å². The van der Waals surface area contributed by atoms with Gasteiger partial charge in [0.25, 0.3) is 0 Å². The zero-order valence-electron chi connectivity index (χ0n) is 28.0. The van der Waals surface area contributed by atoms with Crippen LogP contribution in [0.5, 0.6) is 5.75 Å². The number of thioether (sulfide) groups is 1. The minimum atomic E-state index is -0.992. The molecule has 3 aromatic carbocycles. The van der Waals surface area contributed by atoms with Crippen LogP contribution >= 0.6 is 23.4 Å². The van der Waals surface area contributed by atoms with Gasteiger partial charge in [0.15, 0.2) is 0 Å². The molecule has 49 heavy (non-hydrogen) atoms. The number of aliphatic hydroxyl groups excluding tert-OH is 1. The Morgan fingerprint density at radius 2 is 1.82 bits per heavy atom. The lowest BCUT2D eigenvalue weighted by Gasteiger charge is -2.20. The van der Waals surface area contributed by atoms with E-state index >= 15 is 0 Å². The number of fused-ring (bicyclic) bond motifs is 8. The lowest BCUT2D eigenvalue weighted by atomic mass is 9.97. The van der Waals surface area contributed by atoms with Gasteiger partial charge in [0.05, 0.1) is 35.1 Å². The largest absolute Gasteiger partial charge is 0.493 e. The summed E-state index contributed by atoms with van der Waals surface area (Å²) in [5.74, 6) is 0.539. The van der Waals surface area contributed by atoms with E-state index < -0.39 is 5.97 Å². The van der Waals surface area contributed by atoms with Gasteiger partial charge in [-0.2, -0.15) is 10.2 Å². The van der Waals surface area contributed by atoms with Crippen molar-refractivity contribution in [3.63, 3.8) is 0 Å². The first-order valence-electron chi connectivity index (χ1n) is 16.3. The molecule has 12 heteroatoms. The summed E-state index contributed by atoms with van der Waals surface area (Å²) >= 11 is 8.76. The summed E-state index contributed by atoms with van der Waals surface area (Å²) < 4.78 is 12.0. The van der Waals surface area contributed by atoms with Gasteiger partial charge in [-0.3, -0.25) is 14.3 Å². The third-order valence-electron chi connectivity index (χ3n) is 9.48. The fourth-order valence-corrected chi connectivity index (χ4v) is 8.33. The topological polar surface area (TPSA) is 111 Å². The van der Waals surface area contributed by atoms with Gasteiger partial charge in [-0.05, 0) is 55.0 Å². The molecule has 10 nitrogen and oxygen atoms in total. The van der Waals surface area contributed by atoms with Crippen molar-refractivity contribution in [2.75, 3.05) is 19.8 Å². The number of ether oxygens (including phenoxy) is 1. The monoisotopic (exact) mass is 698 g/mol. The van der Waals surface area contributed by atoms with Crippen molar-refractivity contribution in [2.45, 2.75) is 43.5 Å². The molecule has 1 aliphatic heterocycles. The molecule has 254 valence electrons. The summed E-state index contributed by atoms with van der Waals surface area (Å²) in [6.07, 6.45) is 1.13. The van der Waals surface area contributed by atoms with Crippen LogP contribution in [0.1, 0.15) is 45.2 Å². The van der Waals surface area contributed by atoms with Crippen LogP contribution in [0.2, 0.25) is 5.02 Å². The number of nitrogens with zero attached hydrogens (tertiary/aromatic N) is 6. The van der Waals surface area contributed by atoms with Crippen molar-refractivity contribution in [3.8, 4) is 16.9 Å². The molecule has 1 aliphatic rings. The highest BCUT2D eigenvalue weighted by atomic mass is 35.5. The molecule has 0 spiro atoms. The molecule has 0 fully saturated rings. The second-order valence-corrected chi connectivity index (χ2v) is 14.1. The highest BCUT2D eigenvalue weighted by Gasteiger charge is 2.28. The number of hydrogen-bond acceptors (Lipinski definition) is 7. The molecule has 0 radical (unpaired) electrons. The first-order valence-corrected chi connectivity index (χ1v) is 17.7. The van der Waals surface area contributed by atoms with Crippen LogP contribution in [-0.2, 0) is 46.4 Å². The SMILES string of the molecule is Cc1c2c(nn1C)CN(CCO)Cc1cc(n(C)n1)CSc1cc(c3ccccc3c1)OCCCc1c(C(=O)O)n(C)c3c-2c(Cl)ccc13. The fraction of sp³-hybridized carbons (Fsp3) is 0.324. The molecular formula is C37H39ClN6O4S. The van der Waals surface area contributed by atoms with Crippen molar-refractivity contribution >= 4 is 51.0 Å². The summed E-state index contributed by atoms with van der Waals surface area (Å²) in [5, 5.41) is 33.8. The Kier molecular flexibility index (Phi) is 9.19. The van der Waals surface area contributed by atoms with Crippen molar-refractivity contribution in [3.05, 3.63) is 93.7 Å². The normalized spacial score (nSPS) is 14.6. The van der Waals surface area contributed by atoms with Gasteiger partial charge in [-0.25, -0.2) is 4.79 Å². The van der Waals surface area contributed by atoms with E-state index in [0.29, 0.717) is 44.1 Å². The quantitative estimate of drug-likeness (QED) is 0.209. The van der Waals surface area contributed by atoms with Crippen LogP contribution in [0.3, 0.4) is 0 Å². The Bertz CT molecular complexity index is 2220. The summed E-state index contributed by atoms with van der Waals surface area (Å²) in [6, 6.07) is 18.4. The predicted molar refractivity (Wildman–Crippen MR) is 194 cm³/mol. The average Bonchev–Trinajstić information content (AvgIpc) is 3.66. The lowest BCUT2D eigenvalue weighted by Crippen LogP contribution is -2.27. The van der Waals surface area contributed by atoms with Gasteiger partial charge < -0.3 is 19.5 Å². The van der Waals surface area contributed by atoms with Crippen molar-refractivity contribution < 1.29 is 19.7 Å². The minimum absolute atomic E-state index is 0.0253. The number of benzene rings is 3. The summed E-state index contributed by atoms with van der Waals surface area (Å²) in [4.78, 5) is 16.0.